The van der Waals surface area contributed by atoms with Crippen LogP contribution >= 0.6 is 0 Å². The van der Waals surface area contributed by atoms with Gasteiger partial charge in [0.15, 0.2) is 0 Å². The lowest BCUT2D eigenvalue weighted by molar-refractivity contribution is 0.577. The normalized spacial score (nSPS) is 9.41. The molecule has 128 valence electrons. The van der Waals surface area contributed by atoms with Crippen molar-refractivity contribution < 1.29 is 8.78 Å². The first kappa shape index (κ1) is 17.9. The van der Waals surface area contributed by atoms with Crippen LogP contribution in [0.4, 0.5) is 8.78 Å². The molecule has 0 N–H and O–H groups in total. The van der Waals surface area contributed by atoms with Crippen molar-refractivity contribution in [3.8, 4) is 29.8 Å². The van der Waals surface area contributed by atoms with Gasteiger partial charge in [0, 0.05) is 16.7 Å². The molecule has 0 spiro atoms. The average Bonchev–Trinajstić information content (AvgIpc) is 2.67. The summed E-state index contributed by atoms with van der Waals surface area (Å²) in [6.07, 6.45) is 0. The highest BCUT2D eigenvalue weighted by atomic mass is 19.1. The number of benzene rings is 3. The number of nitriles is 1. The number of hydrogen-bond donors (Lipinski definition) is 0. The molecule has 27 heavy (non-hydrogen) atoms. The fourth-order valence-electron chi connectivity index (χ4n) is 2.31. The fourth-order valence-corrected chi connectivity index (χ4v) is 2.31. The van der Waals surface area contributed by atoms with Crippen LogP contribution in [0.15, 0.2) is 60.7 Å². The van der Waals surface area contributed by atoms with Gasteiger partial charge in [-0.1, -0.05) is 41.4 Å². The van der Waals surface area contributed by atoms with Crippen LogP contribution in [0.3, 0.4) is 0 Å². The van der Waals surface area contributed by atoms with Crippen molar-refractivity contribution in [3.63, 3.8) is 0 Å². The van der Waals surface area contributed by atoms with E-state index in [1.807, 2.05) is 37.3 Å². The van der Waals surface area contributed by atoms with E-state index >= 15 is 0 Å². The minimum absolute atomic E-state index is 0.245. The van der Waals surface area contributed by atoms with E-state index in [-0.39, 0.29) is 11.1 Å². The van der Waals surface area contributed by atoms with Gasteiger partial charge in [-0.3, -0.25) is 0 Å². The second kappa shape index (κ2) is 8.01. The molecule has 0 aliphatic carbocycles. The van der Waals surface area contributed by atoms with Gasteiger partial charge < -0.3 is 0 Å². The van der Waals surface area contributed by atoms with Gasteiger partial charge >= 0.3 is 0 Å². The summed E-state index contributed by atoms with van der Waals surface area (Å²) >= 11 is 0. The number of halogens is 2. The van der Waals surface area contributed by atoms with Crippen LogP contribution in [0.1, 0.15) is 33.4 Å². The van der Waals surface area contributed by atoms with E-state index in [1.165, 1.54) is 12.1 Å². The first-order valence-electron chi connectivity index (χ1n) is 8.15. The van der Waals surface area contributed by atoms with Crippen LogP contribution in [0.25, 0.3) is 0 Å². The summed E-state index contributed by atoms with van der Waals surface area (Å²) in [5.74, 6) is 9.34. The predicted molar refractivity (Wildman–Crippen MR) is 101 cm³/mol. The Labute approximate surface area is 156 Å². The third-order valence-electron chi connectivity index (χ3n) is 3.79. The Morgan fingerprint density at radius 2 is 1.07 bits per heavy atom. The van der Waals surface area contributed by atoms with Gasteiger partial charge in [0.25, 0.3) is 0 Å². The zero-order chi connectivity index (χ0) is 19.2. The molecule has 1 nitrogen and oxygen atoms in total. The van der Waals surface area contributed by atoms with E-state index in [0.717, 1.165) is 11.1 Å². The zero-order valence-electron chi connectivity index (χ0n) is 14.5. The van der Waals surface area contributed by atoms with Gasteiger partial charge in [-0.15, -0.1) is 0 Å². The minimum atomic E-state index is -0.760. The first-order valence-corrected chi connectivity index (χ1v) is 8.15. The number of rotatable bonds is 0. The second-order valence-electron chi connectivity index (χ2n) is 5.87. The second-order valence-corrected chi connectivity index (χ2v) is 5.87. The summed E-state index contributed by atoms with van der Waals surface area (Å²) in [7, 11) is 0. The summed E-state index contributed by atoms with van der Waals surface area (Å²) in [5, 5.41) is 8.77. The Kier molecular flexibility index (Phi) is 5.32. The number of aryl methyl sites for hydroxylation is 1. The average molecular weight is 353 g/mol. The highest BCUT2D eigenvalue weighted by molar-refractivity contribution is 5.50. The third-order valence-corrected chi connectivity index (χ3v) is 3.79. The van der Waals surface area contributed by atoms with Gasteiger partial charge in [0.1, 0.15) is 11.6 Å². The topological polar surface area (TPSA) is 23.8 Å². The van der Waals surface area contributed by atoms with E-state index in [2.05, 4.69) is 23.7 Å². The van der Waals surface area contributed by atoms with Crippen LogP contribution in [-0.4, -0.2) is 0 Å². The highest BCUT2D eigenvalue weighted by Crippen LogP contribution is 2.15. The van der Waals surface area contributed by atoms with Crippen LogP contribution in [0, 0.1) is 53.6 Å². The zero-order valence-corrected chi connectivity index (χ0v) is 14.5. The van der Waals surface area contributed by atoms with Crippen molar-refractivity contribution in [1.29, 1.82) is 5.26 Å². The third kappa shape index (κ3) is 4.60. The van der Waals surface area contributed by atoms with Crippen molar-refractivity contribution >= 4 is 0 Å². The quantitative estimate of drug-likeness (QED) is 0.525. The maximum Gasteiger partial charge on any atom is 0.143 e. The largest absolute Gasteiger partial charge is 0.205 e. The summed E-state index contributed by atoms with van der Waals surface area (Å²) in [4.78, 5) is 0. The molecule has 0 unspecified atom stereocenters. The molecule has 0 fully saturated rings. The summed E-state index contributed by atoms with van der Waals surface area (Å²) < 4.78 is 28.5. The molecule has 0 atom stereocenters. The standard InChI is InChI=1S/C24H13F2N/c1-17-2-4-18(5-3-17)8-11-21-14-23(25)22(24(26)15-21)13-12-19-6-9-20(16-27)10-7-19/h2-7,9-10,14-15H,1H3. The molecular formula is C24H13F2N. The van der Waals surface area contributed by atoms with Crippen LogP contribution < -0.4 is 0 Å². The molecule has 3 aromatic carbocycles. The van der Waals surface area contributed by atoms with Gasteiger partial charge in [0.2, 0.25) is 0 Å². The highest BCUT2D eigenvalue weighted by Gasteiger charge is 2.08. The molecule has 0 aromatic heterocycles. The molecule has 0 amide bonds. The molecule has 0 aliphatic heterocycles. The molecule has 0 heterocycles. The van der Waals surface area contributed by atoms with Gasteiger partial charge in [-0.25, -0.2) is 8.78 Å². The molecule has 3 aromatic rings. The van der Waals surface area contributed by atoms with E-state index in [0.29, 0.717) is 11.1 Å². The van der Waals surface area contributed by atoms with E-state index in [4.69, 9.17) is 5.26 Å². The molecule has 0 aliphatic rings. The minimum Gasteiger partial charge on any atom is -0.205 e. The van der Waals surface area contributed by atoms with Crippen molar-refractivity contribution in [1.82, 2.24) is 0 Å². The Balaban J connectivity index is 1.86. The number of nitrogens with zero attached hydrogens (tertiary/aromatic N) is 1. The van der Waals surface area contributed by atoms with Crippen molar-refractivity contribution in [2.75, 3.05) is 0 Å². The first-order chi connectivity index (χ1) is 13.0. The maximum absolute atomic E-state index is 14.3. The van der Waals surface area contributed by atoms with Gasteiger partial charge in [0.05, 0.1) is 17.2 Å². The molecule has 0 saturated heterocycles. The summed E-state index contributed by atoms with van der Waals surface area (Å²) in [6, 6.07) is 18.4. The fraction of sp³-hybridized carbons (Fsp3) is 0.0417. The molecule has 0 radical (unpaired) electrons. The van der Waals surface area contributed by atoms with Gasteiger partial charge in [-0.05, 0) is 55.5 Å². The van der Waals surface area contributed by atoms with Crippen LogP contribution in [0.2, 0.25) is 0 Å². The van der Waals surface area contributed by atoms with Gasteiger partial charge in [-0.2, -0.15) is 5.26 Å². The monoisotopic (exact) mass is 353 g/mol. The maximum atomic E-state index is 14.3. The number of hydrogen-bond acceptors (Lipinski definition) is 1. The smallest absolute Gasteiger partial charge is 0.143 e. The van der Waals surface area contributed by atoms with Crippen molar-refractivity contribution in [2.45, 2.75) is 6.92 Å². The predicted octanol–water partition coefficient (Wildman–Crippen LogP) is 4.94. The van der Waals surface area contributed by atoms with E-state index < -0.39 is 11.6 Å². The molecule has 3 rings (SSSR count). The Morgan fingerprint density at radius 3 is 1.63 bits per heavy atom. The Bertz CT molecular complexity index is 1120. The van der Waals surface area contributed by atoms with Crippen molar-refractivity contribution in [2.24, 2.45) is 0 Å². The lowest BCUT2D eigenvalue weighted by Gasteiger charge is -1.99. The lowest BCUT2D eigenvalue weighted by atomic mass is 10.1. The van der Waals surface area contributed by atoms with Crippen LogP contribution in [-0.2, 0) is 0 Å². The van der Waals surface area contributed by atoms with E-state index in [9.17, 15) is 8.78 Å². The lowest BCUT2D eigenvalue weighted by Crippen LogP contribution is -1.92. The van der Waals surface area contributed by atoms with Crippen LogP contribution in [0.5, 0.6) is 0 Å². The molecule has 0 bridgehead atoms. The summed E-state index contributed by atoms with van der Waals surface area (Å²) in [5.41, 5.74) is 2.88. The van der Waals surface area contributed by atoms with Crippen molar-refractivity contribution in [3.05, 3.63) is 106 Å². The van der Waals surface area contributed by atoms with E-state index in [1.54, 1.807) is 24.3 Å². The molecule has 0 saturated carbocycles. The Hall–Kier alpha value is -3.87. The Morgan fingerprint density at radius 1 is 0.630 bits per heavy atom. The SMILES string of the molecule is Cc1ccc(C#Cc2cc(F)c(C#Cc3ccc(C#N)cc3)c(F)c2)cc1. The molecule has 3 heteroatoms. The summed E-state index contributed by atoms with van der Waals surface area (Å²) in [6.45, 7) is 1.97. The molecular weight excluding hydrogens is 340 g/mol.